The van der Waals surface area contributed by atoms with E-state index in [4.69, 9.17) is 9.05 Å². The molecule has 0 saturated heterocycles. The van der Waals surface area contributed by atoms with Crippen molar-refractivity contribution in [2.24, 2.45) is 0 Å². The predicted octanol–water partition coefficient (Wildman–Crippen LogP) is 18.8. The van der Waals surface area contributed by atoms with Gasteiger partial charge in [0.2, 0.25) is 5.91 Å². The van der Waals surface area contributed by atoms with E-state index in [2.05, 4.69) is 92.1 Å². The molecule has 0 fully saturated rings. The quantitative estimate of drug-likeness (QED) is 0.0243. The molecule has 0 aliphatic carbocycles. The van der Waals surface area contributed by atoms with Crippen molar-refractivity contribution in [1.82, 2.24) is 5.32 Å². The zero-order chi connectivity index (χ0) is 53.5. The van der Waals surface area contributed by atoms with Crippen LogP contribution in [0, 0.1) is 0 Å². The number of nitrogens with one attached hydrogen (secondary N) is 1. The number of nitrogens with zero attached hydrogens (tertiary/aromatic N) is 1. The third-order valence-corrected chi connectivity index (χ3v) is 14.3. The zero-order valence-corrected chi connectivity index (χ0v) is 49.3. The van der Waals surface area contributed by atoms with E-state index in [9.17, 15) is 19.4 Å². The van der Waals surface area contributed by atoms with Gasteiger partial charge in [-0.2, -0.15) is 0 Å². The van der Waals surface area contributed by atoms with Gasteiger partial charge in [-0.25, -0.2) is 4.57 Å². The first-order valence-electron chi connectivity index (χ1n) is 30.5. The van der Waals surface area contributed by atoms with E-state index in [0.717, 1.165) is 70.6 Å². The maximum atomic E-state index is 13.0. The Morgan fingerprint density at radius 1 is 0.479 bits per heavy atom. The van der Waals surface area contributed by atoms with Crippen molar-refractivity contribution in [3.8, 4) is 0 Å². The van der Waals surface area contributed by atoms with Crippen LogP contribution in [0.25, 0.3) is 0 Å². The number of allylic oxidation sites excluding steroid dienone is 13. The minimum absolute atomic E-state index is 0.0551. The van der Waals surface area contributed by atoms with E-state index in [1.807, 2.05) is 27.2 Å². The lowest BCUT2D eigenvalue weighted by molar-refractivity contribution is -0.870. The van der Waals surface area contributed by atoms with Gasteiger partial charge in [-0.15, -0.1) is 0 Å². The number of likely N-dealkylation sites (N-methyl/N-ethyl adjacent to an activating group) is 1. The Morgan fingerprint density at radius 3 is 1.26 bits per heavy atom. The predicted molar refractivity (Wildman–Crippen MR) is 318 cm³/mol. The summed E-state index contributed by atoms with van der Waals surface area (Å²) >= 11 is 0. The Morgan fingerprint density at radius 2 is 0.836 bits per heavy atom. The minimum atomic E-state index is -4.35. The summed E-state index contributed by atoms with van der Waals surface area (Å²) in [6.45, 7) is 4.68. The average Bonchev–Trinajstić information content (AvgIpc) is 3.35. The Bertz CT molecular complexity index is 1460. The standard InChI is InChI=1S/C64H117N2O6P/c1-6-8-10-12-14-16-18-20-22-23-24-25-26-27-28-29-30-31-32-33-34-35-36-37-38-39-40-41-42-43-44-46-48-50-52-54-56-58-64(68)65-62(61-72-73(69,70)71-60-59-66(3,4)5)63(67)57-55-53-51-49-47-45-21-19-17-15-13-11-9-7-2/h8,10,14,16,20,22,24-25,27-28,47,49,55,57,62-63,67H,6-7,9,11-13,15,17-19,21,23,26,29-46,48,50-54,56,58-61H2,1-5H3,(H-,65,68,69,70)/p+1/b10-8-,16-14-,22-20-,25-24-,28-27-,49-47+,57-55+. The fraction of sp³-hybridized carbons (Fsp3) is 0.766. The molecule has 0 bridgehead atoms. The summed E-state index contributed by atoms with van der Waals surface area (Å²) in [7, 11) is 1.56. The highest BCUT2D eigenvalue weighted by molar-refractivity contribution is 7.47. The summed E-state index contributed by atoms with van der Waals surface area (Å²) < 4.78 is 23.7. The molecule has 0 heterocycles. The number of aliphatic hydroxyl groups is 1. The number of hydrogen-bond donors (Lipinski definition) is 3. The molecule has 424 valence electrons. The summed E-state index contributed by atoms with van der Waals surface area (Å²) in [5, 5.41) is 13.9. The maximum absolute atomic E-state index is 13.0. The highest BCUT2D eigenvalue weighted by Crippen LogP contribution is 2.43. The zero-order valence-electron chi connectivity index (χ0n) is 48.4. The van der Waals surface area contributed by atoms with Crippen molar-refractivity contribution in [1.29, 1.82) is 0 Å². The van der Waals surface area contributed by atoms with Crippen LogP contribution in [0.1, 0.15) is 264 Å². The maximum Gasteiger partial charge on any atom is 0.472 e. The van der Waals surface area contributed by atoms with Gasteiger partial charge in [0, 0.05) is 6.42 Å². The summed E-state index contributed by atoms with van der Waals surface area (Å²) in [5.74, 6) is -0.186. The van der Waals surface area contributed by atoms with Gasteiger partial charge in [0.25, 0.3) is 0 Å². The summed E-state index contributed by atoms with van der Waals surface area (Å²) in [6, 6.07) is -0.864. The van der Waals surface area contributed by atoms with E-state index >= 15 is 0 Å². The number of carbonyl (C=O) groups is 1. The first-order valence-corrected chi connectivity index (χ1v) is 32.0. The number of unbranched alkanes of at least 4 members (excludes halogenated alkanes) is 30. The molecule has 3 unspecified atom stereocenters. The van der Waals surface area contributed by atoms with Crippen LogP contribution in [0.3, 0.4) is 0 Å². The van der Waals surface area contributed by atoms with Gasteiger partial charge in [-0.05, 0) is 77.0 Å². The first-order chi connectivity index (χ1) is 35.5. The van der Waals surface area contributed by atoms with E-state index < -0.39 is 20.0 Å². The molecular weight excluding hydrogens is 924 g/mol. The lowest BCUT2D eigenvalue weighted by atomic mass is 10.0. The molecule has 9 heteroatoms. The van der Waals surface area contributed by atoms with Crippen molar-refractivity contribution in [3.05, 3.63) is 85.1 Å². The number of phosphoric acid groups is 1. The van der Waals surface area contributed by atoms with Gasteiger partial charge in [0.15, 0.2) is 0 Å². The van der Waals surface area contributed by atoms with E-state index in [1.54, 1.807) is 6.08 Å². The van der Waals surface area contributed by atoms with Gasteiger partial charge in [0.05, 0.1) is 39.9 Å². The van der Waals surface area contributed by atoms with Crippen LogP contribution in [0.4, 0.5) is 0 Å². The second-order valence-electron chi connectivity index (χ2n) is 21.7. The monoisotopic (exact) mass is 1040 g/mol. The average molecular weight is 1040 g/mol. The van der Waals surface area contributed by atoms with E-state index in [1.165, 1.54) is 173 Å². The van der Waals surface area contributed by atoms with Crippen molar-refractivity contribution >= 4 is 13.7 Å². The molecule has 1 amide bonds. The molecule has 0 saturated carbocycles. The molecule has 0 rings (SSSR count). The lowest BCUT2D eigenvalue weighted by Crippen LogP contribution is -2.45. The lowest BCUT2D eigenvalue weighted by Gasteiger charge is -2.25. The van der Waals surface area contributed by atoms with Crippen LogP contribution in [-0.4, -0.2) is 73.4 Å². The molecule has 0 aromatic carbocycles. The molecule has 0 spiro atoms. The highest BCUT2D eigenvalue weighted by atomic mass is 31.2. The molecule has 73 heavy (non-hydrogen) atoms. The Hall–Kier alpha value is -2.32. The smallest absolute Gasteiger partial charge is 0.387 e. The molecule has 0 aromatic rings. The van der Waals surface area contributed by atoms with Crippen LogP contribution in [0.15, 0.2) is 85.1 Å². The number of quaternary nitrogens is 1. The third-order valence-electron chi connectivity index (χ3n) is 13.3. The second kappa shape index (κ2) is 54.5. The summed E-state index contributed by atoms with van der Waals surface area (Å²) in [5.41, 5.74) is 0. The largest absolute Gasteiger partial charge is 0.472 e. The van der Waals surface area contributed by atoms with Crippen molar-refractivity contribution in [2.75, 3.05) is 40.9 Å². The van der Waals surface area contributed by atoms with E-state index in [0.29, 0.717) is 17.4 Å². The van der Waals surface area contributed by atoms with Gasteiger partial charge < -0.3 is 19.8 Å². The van der Waals surface area contributed by atoms with E-state index in [-0.39, 0.29) is 19.1 Å². The van der Waals surface area contributed by atoms with Gasteiger partial charge in [0.1, 0.15) is 13.2 Å². The fourth-order valence-corrected chi connectivity index (χ4v) is 9.35. The molecule has 0 aliphatic heterocycles. The number of phosphoric ester groups is 1. The van der Waals surface area contributed by atoms with Crippen LogP contribution in [0.2, 0.25) is 0 Å². The number of amides is 1. The number of carbonyl (C=O) groups excluding carboxylic acids is 1. The minimum Gasteiger partial charge on any atom is -0.387 e. The van der Waals surface area contributed by atoms with Crippen molar-refractivity contribution in [2.45, 2.75) is 276 Å². The fourth-order valence-electron chi connectivity index (χ4n) is 8.62. The van der Waals surface area contributed by atoms with Gasteiger partial charge >= 0.3 is 7.82 Å². The summed E-state index contributed by atoms with van der Waals surface area (Å²) in [4.78, 5) is 23.3. The van der Waals surface area contributed by atoms with Crippen LogP contribution in [0.5, 0.6) is 0 Å². The third kappa shape index (κ3) is 57.2. The van der Waals surface area contributed by atoms with Crippen LogP contribution < -0.4 is 5.32 Å². The van der Waals surface area contributed by atoms with Gasteiger partial charge in [-0.1, -0.05) is 266 Å². The normalized spacial score (nSPS) is 14.5. The molecular formula is C64H118N2O6P+. The Kier molecular flexibility index (Phi) is 52.7. The topological polar surface area (TPSA) is 105 Å². The van der Waals surface area contributed by atoms with Crippen molar-refractivity contribution in [3.63, 3.8) is 0 Å². The molecule has 0 aromatic heterocycles. The molecule has 0 radical (unpaired) electrons. The Labute approximate surface area is 452 Å². The molecule has 0 aliphatic rings. The van der Waals surface area contributed by atoms with Crippen LogP contribution >= 0.6 is 7.82 Å². The first kappa shape index (κ1) is 70.7. The molecule has 8 nitrogen and oxygen atoms in total. The summed E-state index contributed by atoms with van der Waals surface area (Å²) in [6.07, 6.45) is 77.1. The number of hydrogen-bond acceptors (Lipinski definition) is 5. The molecule has 3 N–H and O–H groups in total. The number of aliphatic hydroxyl groups excluding tert-OH is 1. The van der Waals surface area contributed by atoms with Crippen molar-refractivity contribution < 1.29 is 32.9 Å². The highest BCUT2D eigenvalue weighted by Gasteiger charge is 2.27. The van der Waals surface area contributed by atoms with Crippen LogP contribution in [-0.2, 0) is 18.4 Å². The SMILES string of the molecule is CC/C=C\C/C=C\C/C=C\C/C=C\C/C=C\CCCCCCCCCCCCCCCCCCCCCCCC(=O)NC(COP(=O)(O)OCC[N+](C)(C)C)C(O)/C=C/CC/C=C/CCCCCCCCCC. The molecule has 3 atom stereocenters. The Balaban J connectivity index is 3.99. The number of rotatable bonds is 55. The second-order valence-corrected chi connectivity index (χ2v) is 23.1. The van der Waals surface area contributed by atoms with Gasteiger partial charge in [-0.3, -0.25) is 13.8 Å².